The Morgan fingerprint density at radius 1 is 0.833 bits per heavy atom. The van der Waals surface area contributed by atoms with Crippen molar-refractivity contribution in [3.63, 3.8) is 0 Å². The first-order valence-electron chi connectivity index (χ1n) is 7.84. The van der Waals surface area contributed by atoms with Gasteiger partial charge in [-0.05, 0) is 73.2 Å². The average Bonchev–Trinajstić information content (AvgIpc) is 2.54. The zero-order chi connectivity index (χ0) is 17.9. The van der Waals surface area contributed by atoms with Crippen molar-refractivity contribution in [1.29, 1.82) is 0 Å². The van der Waals surface area contributed by atoms with Crippen LogP contribution in [-0.4, -0.2) is 6.16 Å². The van der Waals surface area contributed by atoms with E-state index in [0.29, 0.717) is 35.1 Å². The summed E-state index contributed by atoms with van der Waals surface area (Å²) in [6.45, 7) is 7.01. The van der Waals surface area contributed by atoms with E-state index < -0.39 is 6.16 Å². The van der Waals surface area contributed by atoms with Crippen molar-refractivity contribution in [2.45, 2.75) is 40.5 Å². The van der Waals surface area contributed by atoms with E-state index in [4.69, 9.17) is 9.47 Å². The van der Waals surface area contributed by atoms with Gasteiger partial charge >= 0.3 is 6.16 Å². The fraction of sp³-hybridized carbons (Fsp3) is 0.316. The van der Waals surface area contributed by atoms with Crippen molar-refractivity contribution in [2.75, 3.05) is 0 Å². The van der Waals surface area contributed by atoms with Crippen LogP contribution in [0.3, 0.4) is 0 Å². The summed E-state index contributed by atoms with van der Waals surface area (Å²) in [7, 11) is 0. The molecule has 2 rings (SSSR count). The third-order valence-electron chi connectivity index (χ3n) is 4.08. The molecule has 0 aliphatic rings. The highest BCUT2D eigenvalue weighted by atomic mass is 19.1. The highest BCUT2D eigenvalue weighted by molar-refractivity contribution is 5.68. The molecular weight excluding hydrogens is 314 g/mol. The minimum absolute atomic E-state index is 0.244. The SMILES string of the molecule is CCc1c(F)ccc(OC(=O)Oc2ccc(F)c(CC)c2C)c1C. The van der Waals surface area contributed by atoms with E-state index in [1.54, 1.807) is 13.8 Å². The predicted octanol–water partition coefficient (Wildman–Crippen LogP) is 5.28. The van der Waals surface area contributed by atoms with Crippen LogP contribution < -0.4 is 9.47 Å². The summed E-state index contributed by atoms with van der Waals surface area (Å²) < 4.78 is 37.7. The van der Waals surface area contributed by atoms with Crippen molar-refractivity contribution in [2.24, 2.45) is 0 Å². The molecule has 0 N–H and O–H groups in total. The Labute approximate surface area is 140 Å². The largest absolute Gasteiger partial charge is 0.519 e. The van der Waals surface area contributed by atoms with Crippen LogP contribution in [0, 0.1) is 25.5 Å². The summed E-state index contributed by atoms with van der Waals surface area (Å²) >= 11 is 0. The zero-order valence-corrected chi connectivity index (χ0v) is 14.2. The summed E-state index contributed by atoms with van der Waals surface area (Å²) in [5.41, 5.74) is 2.09. The van der Waals surface area contributed by atoms with Crippen LogP contribution in [0.5, 0.6) is 11.5 Å². The molecule has 0 heterocycles. The standard InChI is InChI=1S/C19H20F2O3/c1-5-13-11(3)17(9-7-15(13)20)23-19(22)24-18-10-8-16(21)14(6-2)12(18)4/h7-10H,5-6H2,1-4H3. The fourth-order valence-electron chi connectivity index (χ4n) is 2.69. The van der Waals surface area contributed by atoms with Crippen LogP contribution in [0.4, 0.5) is 13.6 Å². The maximum absolute atomic E-state index is 13.7. The molecular formula is C19H20F2O3. The molecule has 0 saturated carbocycles. The smallest absolute Gasteiger partial charge is 0.394 e. The third kappa shape index (κ3) is 3.55. The number of rotatable bonds is 4. The van der Waals surface area contributed by atoms with E-state index in [1.165, 1.54) is 24.3 Å². The summed E-state index contributed by atoms with van der Waals surface area (Å²) in [5.74, 6) is -0.183. The molecule has 2 aromatic rings. The molecule has 0 atom stereocenters. The molecule has 0 fully saturated rings. The summed E-state index contributed by atoms with van der Waals surface area (Å²) in [5, 5.41) is 0. The van der Waals surface area contributed by atoms with Crippen LogP contribution in [-0.2, 0) is 12.8 Å². The van der Waals surface area contributed by atoms with Crippen LogP contribution in [0.2, 0.25) is 0 Å². The molecule has 3 nitrogen and oxygen atoms in total. The van der Waals surface area contributed by atoms with Gasteiger partial charge in [0.2, 0.25) is 0 Å². The Morgan fingerprint density at radius 2 is 1.21 bits per heavy atom. The molecule has 24 heavy (non-hydrogen) atoms. The van der Waals surface area contributed by atoms with E-state index in [1.807, 2.05) is 13.8 Å². The molecule has 0 radical (unpaired) electrons. The van der Waals surface area contributed by atoms with Gasteiger partial charge in [-0.2, -0.15) is 0 Å². The minimum Gasteiger partial charge on any atom is -0.394 e. The quantitative estimate of drug-likeness (QED) is 0.563. The highest BCUT2D eigenvalue weighted by Crippen LogP contribution is 2.27. The van der Waals surface area contributed by atoms with Crippen molar-refractivity contribution in [1.82, 2.24) is 0 Å². The molecule has 0 amide bonds. The number of carbonyl (C=O) groups excluding carboxylic acids is 1. The molecule has 0 saturated heterocycles. The van der Waals surface area contributed by atoms with Gasteiger partial charge in [0.15, 0.2) is 0 Å². The van der Waals surface area contributed by atoms with Crippen LogP contribution in [0.25, 0.3) is 0 Å². The van der Waals surface area contributed by atoms with E-state index in [9.17, 15) is 13.6 Å². The van der Waals surface area contributed by atoms with Gasteiger partial charge in [-0.25, -0.2) is 13.6 Å². The van der Waals surface area contributed by atoms with Gasteiger partial charge in [0, 0.05) is 0 Å². The predicted molar refractivity (Wildman–Crippen MR) is 87.7 cm³/mol. The summed E-state index contributed by atoms with van der Waals surface area (Å²) in [6.07, 6.45) is 0.0327. The molecule has 0 aromatic heterocycles. The van der Waals surface area contributed by atoms with Crippen molar-refractivity contribution in [3.05, 3.63) is 58.2 Å². The average molecular weight is 334 g/mol. The highest BCUT2D eigenvalue weighted by Gasteiger charge is 2.17. The lowest BCUT2D eigenvalue weighted by molar-refractivity contribution is 0.151. The Hall–Kier alpha value is -2.43. The van der Waals surface area contributed by atoms with E-state index in [2.05, 4.69) is 0 Å². The lowest BCUT2D eigenvalue weighted by Crippen LogP contribution is -2.16. The molecule has 0 spiro atoms. The second kappa shape index (κ2) is 7.43. The Kier molecular flexibility index (Phi) is 5.54. The first kappa shape index (κ1) is 17.9. The summed E-state index contributed by atoms with van der Waals surface area (Å²) in [4.78, 5) is 12.0. The van der Waals surface area contributed by atoms with Gasteiger partial charge in [-0.3, -0.25) is 0 Å². The number of hydrogen-bond acceptors (Lipinski definition) is 3. The van der Waals surface area contributed by atoms with Crippen LogP contribution in [0.15, 0.2) is 24.3 Å². The maximum Gasteiger partial charge on any atom is 0.519 e. The zero-order valence-electron chi connectivity index (χ0n) is 14.2. The molecule has 0 bridgehead atoms. The second-order valence-corrected chi connectivity index (χ2v) is 5.46. The van der Waals surface area contributed by atoms with Gasteiger partial charge in [-0.1, -0.05) is 13.8 Å². The Balaban J connectivity index is 2.21. The van der Waals surface area contributed by atoms with Crippen molar-refractivity contribution >= 4 is 6.16 Å². The van der Waals surface area contributed by atoms with E-state index in [-0.39, 0.29) is 23.1 Å². The molecule has 0 aliphatic carbocycles. The molecule has 0 aliphatic heterocycles. The molecule has 2 aromatic carbocycles. The molecule has 0 unspecified atom stereocenters. The Bertz CT molecular complexity index is 706. The number of ether oxygens (including phenoxy) is 2. The number of hydrogen-bond donors (Lipinski definition) is 0. The van der Waals surface area contributed by atoms with Gasteiger partial charge in [0.25, 0.3) is 0 Å². The first-order chi connectivity index (χ1) is 11.4. The monoisotopic (exact) mass is 334 g/mol. The molecule has 5 heteroatoms. The number of benzene rings is 2. The lowest BCUT2D eigenvalue weighted by Gasteiger charge is -2.13. The van der Waals surface area contributed by atoms with E-state index in [0.717, 1.165) is 0 Å². The number of halogens is 2. The van der Waals surface area contributed by atoms with Gasteiger partial charge in [0.05, 0.1) is 0 Å². The third-order valence-corrected chi connectivity index (χ3v) is 4.08. The normalized spacial score (nSPS) is 10.6. The summed E-state index contributed by atoms with van der Waals surface area (Å²) in [6, 6.07) is 5.29. The first-order valence-corrected chi connectivity index (χ1v) is 7.84. The topological polar surface area (TPSA) is 35.5 Å². The molecule has 128 valence electrons. The number of carbonyl (C=O) groups is 1. The van der Waals surface area contributed by atoms with Gasteiger partial charge in [0.1, 0.15) is 23.1 Å². The van der Waals surface area contributed by atoms with Gasteiger partial charge in [-0.15, -0.1) is 0 Å². The Morgan fingerprint density at radius 3 is 1.54 bits per heavy atom. The fourth-order valence-corrected chi connectivity index (χ4v) is 2.69. The van der Waals surface area contributed by atoms with Gasteiger partial charge < -0.3 is 9.47 Å². The minimum atomic E-state index is -0.941. The second-order valence-electron chi connectivity index (χ2n) is 5.46. The maximum atomic E-state index is 13.7. The van der Waals surface area contributed by atoms with E-state index >= 15 is 0 Å². The van der Waals surface area contributed by atoms with Crippen molar-refractivity contribution < 1.29 is 23.0 Å². The lowest BCUT2D eigenvalue weighted by atomic mass is 10.0. The van der Waals surface area contributed by atoms with Crippen molar-refractivity contribution in [3.8, 4) is 11.5 Å². The van der Waals surface area contributed by atoms with Crippen LogP contribution in [0.1, 0.15) is 36.1 Å². The van der Waals surface area contributed by atoms with Crippen LogP contribution >= 0.6 is 0 Å².